The molecule has 2 unspecified atom stereocenters. The maximum Gasteiger partial charge on any atom is 0.122 e. The van der Waals surface area contributed by atoms with Crippen molar-refractivity contribution in [2.45, 2.75) is 25.8 Å². The molecule has 0 aromatic heterocycles. The van der Waals surface area contributed by atoms with Gasteiger partial charge in [0.25, 0.3) is 0 Å². The zero-order valence-corrected chi connectivity index (χ0v) is 11.9. The topological polar surface area (TPSA) is 35.2 Å². The van der Waals surface area contributed by atoms with E-state index in [1.807, 2.05) is 12.1 Å². The third-order valence-corrected chi connectivity index (χ3v) is 4.23. The average molecular weight is 267 g/mol. The van der Waals surface area contributed by atoms with Crippen LogP contribution in [0.5, 0.6) is 5.75 Å². The van der Waals surface area contributed by atoms with Gasteiger partial charge in [0.05, 0.1) is 6.61 Å². The number of rotatable bonds is 3. The molecule has 0 saturated carbocycles. The van der Waals surface area contributed by atoms with Crippen LogP contribution < -0.4 is 10.5 Å². The van der Waals surface area contributed by atoms with E-state index < -0.39 is 0 Å². The molecule has 0 bridgehead atoms. The van der Waals surface area contributed by atoms with E-state index in [4.69, 9.17) is 10.5 Å². The van der Waals surface area contributed by atoms with Gasteiger partial charge in [0.1, 0.15) is 5.75 Å². The SMILES string of the molecule is Cc1ccccc1CC(N)C1COc2ccccc2C1. The van der Waals surface area contributed by atoms with Crippen molar-refractivity contribution >= 4 is 0 Å². The fraction of sp³-hybridized carbons (Fsp3) is 0.333. The summed E-state index contributed by atoms with van der Waals surface area (Å²) in [5, 5.41) is 0. The molecule has 2 nitrogen and oxygen atoms in total. The highest BCUT2D eigenvalue weighted by atomic mass is 16.5. The molecule has 2 N–H and O–H groups in total. The highest BCUT2D eigenvalue weighted by Gasteiger charge is 2.25. The van der Waals surface area contributed by atoms with Gasteiger partial charge in [0, 0.05) is 12.0 Å². The molecule has 0 saturated heterocycles. The van der Waals surface area contributed by atoms with E-state index in [0.29, 0.717) is 5.92 Å². The number of para-hydroxylation sites is 1. The molecular weight excluding hydrogens is 246 g/mol. The van der Waals surface area contributed by atoms with Gasteiger partial charge in [-0.3, -0.25) is 0 Å². The van der Waals surface area contributed by atoms with Gasteiger partial charge in [-0.25, -0.2) is 0 Å². The summed E-state index contributed by atoms with van der Waals surface area (Å²) in [5.74, 6) is 1.41. The molecule has 3 rings (SSSR count). The molecule has 2 aromatic rings. The molecule has 1 heterocycles. The Bertz CT molecular complexity index is 593. The number of aryl methyl sites for hydroxylation is 1. The lowest BCUT2D eigenvalue weighted by molar-refractivity contribution is 0.198. The quantitative estimate of drug-likeness (QED) is 0.927. The first-order valence-corrected chi connectivity index (χ1v) is 7.25. The zero-order chi connectivity index (χ0) is 13.9. The molecule has 0 fully saturated rings. The summed E-state index contributed by atoms with van der Waals surface area (Å²) in [6.45, 7) is 2.87. The van der Waals surface area contributed by atoms with Gasteiger partial charge < -0.3 is 10.5 Å². The molecule has 20 heavy (non-hydrogen) atoms. The van der Waals surface area contributed by atoms with Crippen LogP contribution in [0.1, 0.15) is 16.7 Å². The summed E-state index contributed by atoms with van der Waals surface area (Å²) >= 11 is 0. The molecule has 2 heteroatoms. The standard InChI is InChI=1S/C18H21NO/c1-13-6-2-3-7-14(13)11-17(19)16-10-15-8-4-5-9-18(15)20-12-16/h2-9,16-17H,10-12,19H2,1H3. The lowest BCUT2D eigenvalue weighted by Crippen LogP contribution is -2.39. The van der Waals surface area contributed by atoms with Gasteiger partial charge in [0.2, 0.25) is 0 Å². The third kappa shape index (κ3) is 2.70. The Balaban J connectivity index is 1.70. The second kappa shape index (κ2) is 5.68. The van der Waals surface area contributed by atoms with E-state index in [0.717, 1.165) is 25.2 Å². The highest BCUT2D eigenvalue weighted by molar-refractivity contribution is 5.35. The fourth-order valence-corrected chi connectivity index (χ4v) is 2.89. The average Bonchev–Trinajstić information content (AvgIpc) is 2.49. The fourth-order valence-electron chi connectivity index (χ4n) is 2.89. The minimum absolute atomic E-state index is 0.143. The maximum atomic E-state index is 6.43. The van der Waals surface area contributed by atoms with Crippen LogP contribution in [0.4, 0.5) is 0 Å². The van der Waals surface area contributed by atoms with Crippen LogP contribution in [-0.2, 0) is 12.8 Å². The number of fused-ring (bicyclic) bond motifs is 1. The normalized spacial score (nSPS) is 19.0. The van der Waals surface area contributed by atoms with Crippen LogP contribution >= 0.6 is 0 Å². The summed E-state index contributed by atoms with van der Waals surface area (Å²) in [7, 11) is 0. The Morgan fingerprint density at radius 3 is 2.75 bits per heavy atom. The first-order chi connectivity index (χ1) is 9.74. The Hall–Kier alpha value is -1.80. The van der Waals surface area contributed by atoms with E-state index in [-0.39, 0.29) is 6.04 Å². The third-order valence-electron chi connectivity index (χ3n) is 4.23. The number of benzene rings is 2. The van der Waals surface area contributed by atoms with Crippen LogP contribution in [0.15, 0.2) is 48.5 Å². The van der Waals surface area contributed by atoms with Crippen LogP contribution in [0.3, 0.4) is 0 Å². The molecule has 1 aliphatic heterocycles. The summed E-state index contributed by atoms with van der Waals surface area (Å²) in [6, 6.07) is 16.9. The predicted molar refractivity (Wildman–Crippen MR) is 82.0 cm³/mol. The van der Waals surface area contributed by atoms with Crippen molar-refractivity contribution in [2.75, 3.05) is 6.61 Å². The van der Waals surface area contributed by atoms with Gasteiger partial charge in [-0.05, 0) is 42.5 Å². The van der Waals surface area contributed by atoms with Crippen LogP contribution in [-0.4, -0.2) is 12.6 Å². The number of hydrogen-bond donors (Lipinski definition) is 1. The first kappa shape index (κ1) is 13.2. The van der Waals surface area contributed by atoms with Gasteiger partial charge in [-0.2, -0.15) is 0 Å². The Labute approximate surface area is 120 Å². The Kier molecular flexibility index (Phi) is 3.75. The lowest BCUT2D eigenvalue weighted by atomic mass is 9.87. The van der Waals surface area contributed by atoms with E-state index >= 15 is 0 Å². The predicted octanol–water partition coefficient (Wildman–Crippen LogP) is 3.12. The molecule has 1 aliphatic rings. The molecule has 104 valence electrons. The van der Waals surface area contributed by atoms with E-state index in [9.17, 15) is 0 Å². The first-order valence-electron chi connectivity index (χ1n) is 7.25. The van der Waals surface area contributed by atoms with Crippen molar-refractivity contribution in [2.24, 2.45) is 11.7 Å². The molecular formula is C18H21NO. The van der Waals surface area contributed by atoms with Crippen molar-refractivity contribution < 1.29 is 4.74 Å². The summed E-state index contributed by atoms with van der Waals surface area (Å²) in [6.07, 6.45) is 1.94. The molecule has 2 atom stereocenters. The smallest absolute Gasteiger partial charge is 0.122 e. The van der Waals surface area contributed by atoms with E-state index in [1.165, 1.54) is 16.7 Å². The van der Waals surface area contributed by atoms with Crippen LogP contribution in [0.25, 0.3) is 0 Å². The number of ether oxygens (including phenoxy) is 1. The second-order valence-corrected chi connectivity index (χ2v) is 5.68. The van der Waals surface area contributed by atoms with E-state index in [1.54, 1.807) is 0 Å². The van der Waals surface area contributed by atoms with Gasteiger partial charge in [0.15, 0.2) is 0 Å². The second-order valence-electron chi connectivity index (χ2n) is 5.68. The number of hydrogen-bond acceptors (Lipinski definition) is 2. The molecule has 0 radical (unpaired) electrons. The monoisotopic (exact) mass is 267 g/mol. The van der Waals surface area contributed by atoms with Crippen molar-refractivity contribution in [1.29, 1.82) is 0 Å². The van der Waals surface area contributed by atoms with Crippen molar-refractivity contribution in [3.05, 3.63) is 65.2 Å². The molecule has 0 spiro atoms. The molecule has 0 amide bonds. The maximum absolute atomic E-state index is 6.43. The summed E-state index contributed by atoms with van der Waals surface area (Å²) in [4.78, 5) is 0. The minimum atomic E-state index is 0.143. The molecule has 0 aliphatic carbocycles. The minimum Gasteiger partial charge on any atom is -0.493 e. The van der Waals surface area contributed by atoms with Crippen molar-refractivity contribution in [3.63, 3.8) is 0 Å². The Morgan fingerprint density at radius 2 is 1.90 bits per heavy atom. The lowest BCUT2D eigenvalue weighted by Gasteiger charge is -2.29. The largest absolute Gasteiger partial charge is 0.493 e. The van der Waals surface area contributed by atoms with Crippen LogP contribution in [0, 0.1) is 12.8 Å². The van der Waals surface area contributed by atoms with Gasteiger partial charge in [-0.1, -0.05) is 42.5 Å². The molecule has 2 aromatic carbocycles. The van der Waals surface area contributed by atoms with Crippen LogP contribution in [0.2, 0.25) is 0 Å². The Morgan fingerprint density at radius 1 is 1.15 bits per heavy atom. The number of nitrogens with two attached hydrogens (primary N) is 1. The zero-order valence-electron chi connectivity index (χ0n) is 11.9. The summed E-state index contributed by atoms with van der Waals surface area (Å²) < 4.78 is 5.85. The van der Waals surface area contributed by atoms with Gasteiger partial charge in [-0.15, -0.1) is 0 Å². The highest BCUT2D eigenvalue weighted by Crippen LogP contribution is 2.28. The van der Waals surface area contributed by atoms with Gasteiger partial charge >= 0.3 is 0 Å². The summed E-state index contributed by atoms with van der Waals surface area (Å²) in [5.41, 5.74) is 10.4. The van der Waals surface area contributed by atoms with Crippen molar-refractivity contribution in [3.8, 4) is 5.75 Å². The van der Waals surface area contributed by atoms with E-state index in [2.05, 4.69) is 43.3 Å². The van der Waals surface area contributed by atoms with Crippen molar-refractivity contribution in [1.82, 2.24) is 0 Å².